The summed E-state index contributed by atoms with van der Waals surface area (Å²) in [5.74, 6) is 1.86. The highest BCUT2D eigenvalue weighted by Crippen LogP contribution is 2.36. The quantitative estimate of drug-likeness (QED) is 0.870. The van der Waals surface area contributed by atoms with Crippen LogP contribution in [-0.2, 0) is 6.42 Å². The van der Waals surface area contributed by atoms with E-state index in [1.807, 2.05) is 6.07 Å². The number of para-hydroxylation sites is 1. The summed E-state index contributed by atoms with van der Waals surface area (Å²) in [7, 11) is 0. The van der Waals surface area contributed by atoms with Gasteiger partial charge in [0.1, 0.15) is 0 Å². The molecule has 1 N–H and O–H groups in total. The van der Waals surface area contributed by atoms with Crippen LogP contribution in [-0.4, -0.2) is 19.4 Å². The molecule has 2 aliphatic rings. The maximum Gasteiger partial charge on any atom is 0.231 e. The van der Waals surface area contributed by atoms with Crippen LogP contribution in [0.1, 0.15) is 31.2 Å². The van der Waals surface area contributed by atoms with E-state index in [9.17, 15) is 0 Å². The molecule has 0 amide bonds. The van der Waals surface area contributed by atoms with Crippen LogP contribution in [0.5, 0.6) is 11.5 Å². The van der Waals surface area contributed by atoms with Gasteiger partial charge in [-0.05, 0) is 43.9 Å². The van der Waals surface area contributed by atoms with Crippen LogP contribution in [0, 0.1) is 0 Å². The molecule has 1 saturated heterocycles. The lowest BCUT2D eigenvalue weighted by molar-refractivity contribution is 0.173. The molecule has 1 unspecified atom stereocenters. The maximum absolute atomic E-state index is 5.53. The van der Waals surface area contributed by atoms with E-state index in [2.05, 4.69) is 17.4 Å². The van der Waals surface area contributed by atoms with Gasteiger partial charge >= 0.3 is 0 Å². The molecule has 0 bridgehead atoms. The monoisotopic (exact) mass is 233 g/mol. The molecule has 1 aromatic rings. The van der Waals surface area contributed by atoms with Crippen LogP contribution in [0.3, 0.4) is 0 Å². The Hall–Kier alpha value is -1.22. The molecule has 2 heterocycles. The summed E-state index contributed by atoms with van der Waals surface area (Å²) in [6.07, 6.45) is 6.27. The second-order valence-corrected chi connectivity index (χ2v) is 4.84. The van der Waals surface area contributed by atoms with Crippen LogP contribution in [0.25, 0.3) is 0 Å². The van der Waals surface area contributed by atoms with Gasteiger partial charge in [0.25, 0.3) is 0 Å². The van der Waals surface area contributed by atoms with E-state index in [4.69, 9.17) is 9.47 Å². The number of aryl methyl sites for hydroxylation is 1. The summed E-state index contributed by atoms with van der Waals surface area (Å²) in [5.41, 5.74) is 1.28. The van der Waals surface area contributed by atoms with Gasteiger partial charge in [-0.3, -0.25) is 0 Å². The molecule has 0 spiro atoms. The van der Waals surface area contributed by atoms with Crippen LogP contribution in [0.4, 0.5) is 0 Å². The van der Waals surface area contributed by atoms with Gasteiger partial charge in [-0.1, -0.05) is 18.6 Å². The van der Waals surface area contributed by atoms with Crippen molar-refractivity contribution in [2.45, 2.75) is 38.1 Å². The molecule has 3 heteroatoms. The normalized spacial score (nSPS) is 22.7. The lowest BCUT2D eigenvalue weighted by Gasteiger charge is -2.23. The third-order valence-electron chi connectivity index (χ3n) is 3.65. The fraction of sp³-hybridized carbons (Fsp3) is 0.571. The van der Waals surface area contributed by atoms with Gasteiger partial charge in [-0.15, -0.1) is 0 Å². The van der Waals surface area contributed by atoms with Crippen molar-refractivity contribution in [3.05, 3.63) is 23.8 Å². The van der Waals surface area contributed by atoms with Gasteiger partial charge in [0.05, 0.1) is 0 Å². The molecule has 3 nitrogen and oxygen atoms in total. The number of hydrogen-bond donors (Lipinski definition) is 1. The Labute approximate surface area is 102 Å². The fourth-order valence-electron chi connectivity index (χ4n) is 2.69. The SMILES string of the molecule is c1cc(CCC2CCCCN2)c2c(c1)OCO2. The Kier molecular flexibility index (Phi) is 3.18. The molecule has 0 aromatic heterocycles. The molecule has 0 saturated carbocycles. The second-order valence-electron chi connectivity index (χ2n) is 4.84. The van der Waals surface area contributed by atoms with E-state index < -0.39 is 0 Å². The summed E-state index contributed by atoms with van der Waals surface area (Å²) >= 11 is 0. The zero-order valence-electron chi connectivity index (χ0n) is 10.1. The largest absolute Gasteiger partial charge is 0.454 e. The van der Waals surface area contributed by atoms with Gasteiger partial charge in [-0.2, -0.15) is 0 Å². The van der Waals surface area contributed by atoms with Gasteiger partial charge < -0.3 is 14.8 Å². The lowest BCUT2D eigenvalue weighted by Crippen LogP contribution is -2.34. The summed E-state index contributed by atoms with van der Waals surface area (Å²) in [6.45, 7) is 1.55. The molecule has 17 heavy (non-hydrogen) atoms. The third kappa shape index (κ3) is 2.39. The van der Waals surface area contributed by atoms with Crippen LogP contribution in [0.15, 0.2) is 18.2 Å². The highest BCUT2D eigenvalue weighted by atomic mass is 16.7. The smallest absolute Gasteiger partial charge is 0.231 e. The van der Waals surface area contributed by atoms with Crippen molar-refractivity contribution in [2.24, 2.45) is 0 Å². The van der Waals surface area contributed by atoms with Crippen molar-refractivity contribution in [1.82, 2.24) is 5.32 Å². The van der Waals surface area contributed by atoms with Crippen LogP contribution >= 0.6 is 0 Å². The summed E-state index contributed by atoms with van der Waals surface area (Å²) in [5, 5.41) is 3.58. The molecule has 1 atom stereocenters. The molecule has 0 aliphatic carbocycles. The maximum atomic E-state index is 5.53. The molecule has 92 valence electrons. The number of piperidine rings is 1. The number of ether oxygens (including phenoxy) is 2. The average molecular weight is 233 g/mol. The molecule has 1 aromatic carbocycles. The summed E-state index contributed by atoms with van der Waals surface area (Å²) in [4.78, 5) is 0. The number of hydrogen-bond acceptors (Lipinski definition) is 3. The molecular weight excluding hydrogens is 214 g/mol. The Balaban J connectivity index is 1.63. The third-order valence-corrected chi connectivity index (χ3v) is 3.65. The lowest BCUT2D eigenvalue weighted by atomic mass is 9.97. The number of rotatable bonds is 3. The first-order valence-electron chi connectivity index (χ1n) is 6.54. The van der Waals surface area contributed by atoms with Crippen molar-refractivity contribution in [2.75, 3.05) is 13.3 Å². The number of fused-ring (bicyclic) bond motifs is 1. The van der Waals surface area contributed by atoms with E-state index in [0.717, 1.165) is 17.9 Å². The Morgan fingerprint density at radius 2 is 2.24 bits per heavy atom. The van der Waals surface area contributed by atoms with Crippen molar-refractivity contribution < 1.29 is 9.47 Å². The molecule has 3 rings (SSSR count). The van der Waals surface area contributed by atoms with E-state index in [-0.39, 0.29) is 0 Å². The molecule has 1 fully saturated rings. The van der Waals surface area contributed by atoms with Gasteiger partial charge in [0.15, 0.2) is 11.5 Å². The minimum atomic E-state index is 0.369. The molecule has 2 aliphatic heterocycles. The second kappa shape index (κ2) is 4.96. The van der Waals surface area contributed by atoms with Gasteiger partial charge in [0, 0.05) is 6.04 Å². The van der Waals surface area contributed by atoms with Crippen LogP contribution < -0.4 is 14.8 Å². The predicted molar refractivity (Wildman–Crippen MR) is 66.5 cm³/mol. The van der Waals surface area contributed by atoms with Crippen molar-refractivity contribution in [1.29, 1.82) is 0 Å². The first kappa shape index (κ1) is 10.9. The van der Waals surface area contributed by atoms with E-state index in [1.165, 1.54) is 37.8 Å². The number of benzene rings is 1. The number of nitrogens with one attached hydrogen (secondary N) is 1. The Morgan fingerprint density at radius 1 is 1.24 bits per heavy atom. The Bertz CT molecular complexity index is 386. The summed E-state index contributed by atoms with van der Waals surface area (Å²) < 4.78 is 10.9. The van der Waals surface area contributed by atoms with E-state index in [1.54, 1.807) is 0 Å². The fourth-order valence-corrected chi connectivity index (χ4v) is 2.69. The molecule has 0 radical (unpaired) electrons. The minimum absolute atomic E-state index is 0.369. The standard InChI is InChI=1S/C14H19NO2/c1-2-9-15-12(5-1)8-7-11-4-3-6-13-14(11)17-10-16-13/h3-4,6,12,15H,1-2,5,7-10H2. The van der Waals surface area contributed by atoms with Gasteiger partial charge in [0.2, 0.25) is 6.79 Å². The molecular formula is C14H19NO2. The zero-order valence-corrected chi connectivity index (χ0v) is 10.1. The minimum Gasteiger partial charge on any atom is -0.454 e. The van der Waals surface area contributed by atoms with Crippen molar-refractivity contribution >= 4 is 0 Å². The first-order chi connectivity index (χ1) is 8.43. The zero-order chi connectivity index (χ0) is 11.5. The predicted octanol–water partition coefficient (Wildman–Crippen LogP) is 2.49. The average Bonchev–Trinajstić information content (AvgIpc) is 2.86. The van der Waals surface area contributed by atoms with E-state index >= 15 is 0 Å². The van der Waals surface area contributed by atoms with Crippen molar-refractivity contribution in [3.63, 3.8) is 0 Å². The van der Waals surface area contributed by atoms with Crippen molar-refractivity contribution in [3.8, 4) is 11.5 Å². The Morgan fingerprint density at radius 3 is 3.12 bits per heavy atom. The first-order valence-corrected chi connectivity index (χ1v) is 6.54. The van der Waals surface area contributed by atoms with Gasteiger partial charge in [-0.25, -0.2) is 0 Å². The summed E-state index contributed by atoms with van der Waals surface area (Å²) in [6, 6.07) is 6.86. The van der Waals surface area contributed by atoms with E-state index in [0.29, 0.717) is 12.8 Å². The highest BCUT2D eigenvalue weighted by Gasteiger charge is 2.18. The van der Waals surface area contributed by atoms with Crippen LogP contribution in [0.2, 0.25) is 0 Å². The highest BCUT2D eigenvalue weighted by molar-refractivity contribution is 5.48. The topological polar surface area (TPSA) is 30.5 Å².